The van der Waals surface area contributed by atoms with E-state index in [-0.39, 0.29) is 12.0 Å². The molecule has 0 aromatic heterocycles. The molecule has 1 fully saturated rings. The minimum atomic E-state index is -0.220. The Labute approximate surface area is 53.4 Å². The van der Waals surface area contributed by atoms with E-state index in [9.17, 15) is 9.70 Å². The van der Waals surface area contributed by atoms with Gasteiger partial charge in [-0.1, -0.05) is 11.6 Å². The number of aldehydes is 1. The van der Waals surface area contributed by atoms with Gasteiger partial charge in [0.15, 0.2) is 0 Å². The second-order valence-corrected chi connectivity index (χ2v) is 2.40. The van der Waals surface area contributed by atoms with Crippen LogP contribution in [-0.2, 0) is 4.79 Å². The summed E-state index contributed by atoms with van der Waals surface area (Å²) in [6.45, 7) is 0. The predicted molar refractivity (Wildman–Crippen MR) is 33.0 cm³/mol. The van der Waals surface area contributed by atoms with Gasteiger partial charge in [-0.15, -0.1) is 0 Å². The minimum Gasteiger partial charge on any atom is -0.303 e. The Bertz CT molecular complexity index is 110. The van der Waals surface area contributed by atoms with E-state index in [2.05, 4.69) is 5.18 Å². The fourth-order valence-corrected chi connectivity index (χ4v) is 1.26. The zero-order chi connectivity index (χ0) is 6.69. The van der Waals surface area contributed by atoms with Gasteiger partial charge >= 0.3 is 0 Å². The fraction of sp³-hybridized carbons (Fsp3) is 0.833. The highest BCUT2D eigenvalue weighted by molar-refractivity contribution is 5.55. The Morgan fingerprint density at radius 1 is 1.44 bits per heavy atom. The fourth-order valence-electron chi connectivity index (χ4n) is 1.26. The maximum Gasteiger partial charge on any atom is 0.125 e. The molecule has 0 radical (unpaired) electrons. The van der Waals surface area contributed by atoms with E-state index < -0.39 is 0 Å². The van der Waals surface area contributed by atoms with Gasteiger partial charge in [0.1, 0.15) is 12.3 Å². The van der Waals surface area contributed by atoms with Crippen LogP contribution >= 0.6 is 0 Å². The molecule has 2 atom stereocenters. The number of hydrogen-bond donors (Lipinski definition) is 0. The summed E-state index contributed by atoms with van der Waals surface area (Å²) in [6.07, 6.45) is 3.46. The number of carbonyl (C=O) groups excluding carboxylic acids is 1. The molecule has 1 aliphatic rings. The van der Waals surface area contributed by atoms with Gasteiger partial charge in [-0.25, -0.2) is 0 Å². The third-order valence-corrected chi connectivity index (χ3v) is 1.84. The van der Waals surface area contributed by atoms with Crippen molar-refractivity contribution in [3.8, 4) is 0 Å². The van der Waals surface area contributed by atoms with Crippen molar-refractivity contribution in [2.45, 2.75) is 25.3 Å². The first kappa shape index (κ1) is 6.39. The van der Waals surface area contributed by atoms with E-state index in [4.69, 9.17) is 0 Å². The van der Waals surface area contributed by atoms with Gasteiger partial charge in [-0.3, -0.25) is 0 Å². The first-order valence-electron chi connectivity index (χ1n) is 3.16. The second kappa shape index (κ2) is 2.71. The lowest BCUT2D eigenvalue weighted by atomic mass is 10.1. The van der Waals surface area contributed by atoms with Crippen LogP contribution in [0, 0.1) is 10.8 Å². The highest BCUT2D eigenvalue weighted by Gasteiger charge is 2.27. The highest BCUT2D eigenvalue weighted by Crippen LogP contribution is 2.25. The highest BCUT2D eigenvalue weighted by atomic mass is 16.3. The molecule has 0 spiro atoms. The Hall–Kier alpha value is -0.730. The van der Waals surface area contributed by atoms with Crippen LogP contribution in [0.3, 0.4) is 0 Å². The van der Waals surface area contributed by atoms with Crippen molar-refractivity contribution >= 4 is 6.29 Å². The SMILES string of the molecule is O=CC1CCCC1N=O. The van der Waals surface area contributed by atoms with Gasteiger partial charge in [0.2, 0.25) is 0 Å². The van der Waals surface area contributed by atoms with E-state index in [1.54, 1.807) is 0 Å². The molecule has 0 bridgehead atoms. The lowest BCUT2D eigenvalue weighted by Crippen LogP contribution is -2.11. The van der Waals surface area contributed by atoms with Crippen LogP contribution in [0.15, 0.2) is 5.18 Å². The Kier molecular flexibility index (Phi) is 1.92. The molecule has 0 amide bonds. The zero-order valence-electron chi connectivity index (χ0n) is 5.12. The Morgan fingerprint density at radius 3 is 2.67 bits per heavy atom. The van der Waals surface area contributed by atoms with Crippen LogP contribution in [0.2, 0.25) is 0 Å². The summed E-state index contributed by atoms with van der Waals surface area (Å²) in [5.74, 6) is -0.0810. The van der Waals surface area contributed by atoms with Crippen molar-refractivity contribution in [3.05, 3.63) is 4.91 Å². The molecule has 0 heterocycles. The standard InChI is InChI=1S/C6H9NO2/c8-4-5-2-1-3-6(5)7-9/h4-6H,1-3H2. The lowest BCUT2D eigenvalue weighted by molar-refractivity contribution is -0.111. The first-order chi connectivity index (χ1) is 4.38. The summed E-state index contributed by atoms with van der Waals surface area (Å²) in [6, 6.07) is -0.220. The maximum absolute atomic E-state index is 10.2. The summed E-state index contributed by atoms with van der Waals surface area (Å²) in [7, 11) is 0. The maximum atomic E-state index is 10.2. The molecule has 2 unspecified atom stereocenters. The molecule has 3 heteroatoms. The molecule has 0 aliphatic heterocycles. The van der Waals surface area contributed by atoms with E-state index in [0.717, 1.165) is 25.5 Å². The number of carbonyl (C=O) groups is 1. The summed E-state index contributed by atoms with van der Waals surface area (Å²) < 4.78 is 0. The summed E-state index contributed by atoms with van der Waals surface area (Å²) >= 11 is 0. The van der Waals surface area contributed by atoms with Crippen molar-refractivity contribution in [2.24, 2.45) is 11.1 Å². The summed E-state index contributed by atoms with van der Waals surface area (Å²) in [4.78, 5) is 20.1. The Balaban J connectivity index is 2.50. The van der Waals surface area contributed by atoms with Gasteiger partial charge in [-0.2, -0.15) is 4.91 Å². The average Bonchev–Trinajstić information content (AvgIpc) is 2.33. The molecule has 3 nitrogen and oxygen atoms in total. The zero-order valence-corrected chi connectivity index (χ0v) is 5.12. The molecule has 1 saturated carbocycles. The lowest BCUT2D eigenvalue weighted by Gasteiger charge is -2.01. The molecule has 0 aromatic rings. The van der Waals surface area contributed by atoms with E-state index in [1.165, 1.54) is 0 Å². The molecule has 0 N–H and O–H groups in total. The van der Waals surface area contributed by atoms with Crippen molar-refractivity contribution in [1.82, 2.24) is 0 Å². The number of nitroso groups, excluding NO2 is 1. The molecule has 0 saturated heterocycles. The van der Waals surface area contributed by atoms with Crippen LogP contribution in [0.25, 0.3) is 0 Å². The molecular weight excluding hydrogens is 118 g/mol. The van der Waals surface area contributed by atoms with Gasteiger partial charge < -0.3 is 4.79 Å². The van der Waals surface area contributed by atoms with Crippen molar-refractivity contribution in [3.63, 3.8) is 0 Å². The van der Waals surface area contributed by atoms with Crippen LogP contribution < -0.4 is 0 Å². The minimum absolute atomic E-state index is 0.0810. The van der Waals surface area contributed by atoms with Crippen LogP contribution in [0.1, 0.15) is 19.3 Å². The molecule has 1 rings (SSSR count). The summed E-state index contributed by atoms with van der Waals surface area (Å²) in [5.41, 5.74) is 0. The molecule has 1 aliphatic carbocycles. The normalized spacial score (nSPS) is 34.2. The quantitative estimate of drug-likeness (QED) is 0.412. The van der Waals surface area contributed by atoms with Crippen LogP contribution in [0.5, 0.6) is 0 Å². The first-order valence-corrected chi connectivity index (χ1v) is 3.16. The topological polar surface area (TPSA) is 46.5 Å². The second-order valence-electron chi connectivity index (χ2n) is 2.40. The predicted octanol–water partition coefficient (Wildman–Crippen LogP) is 1.12. The van der Waals surface area contributed by atoms with E-state index >= 15 is 0 Å². The van der Waals surface area contributed by atoms with Crippen molar-refractivity contribution < 1.29 is 4.79 Å². The molecule has 0 aromatic carbocycles. The van der Waals surface area contributed by atoms with E-state index in [1.807, 2.05) is 0 Å². The third kappa shape index (κ3) is 1.15. The third-order valence-electron chi connectivity index (χ3n) is 1.84. The largest absolute Gasteiger partial charge is 0.303 e. The van der Waals surface area contributed by atoms with Gasteiger partial charge in [-0.05, 0) is 12.8 Å². The average molecular weight is 127 g/mol. The van der Waals surface area contributed by atoms with Crippen molar-refractivity contribution in [2.75, 3.05) is 0 Å². The van der Waals surface area contributed by atoms with Gasteiger partial charge in [0.05, 0.1) is 0 Å². The Morgan fingerprint density at radius 2 is 2.22 bits per heavy atom. The summed E-state index contributed by atoms with van der Waals surface area (Å²) in [5, 5.41) is 2.86. The molecule has 50 valence electrons. The van der Waals surface area contributed by atoms with Gasteiger partial charge in [0.25, 0.3) is 0 Å². The van der Waals surface area contributed by atoms with E-state index in [0.29, 0.717) is 0 Å². The number of rotatable bonds is 2. The molecular formula is C6H9NO2. The number of hydrogen-bond acceptors (Lipinski definition) is 3. The van der Waals surface area contributed by atoms with Crippen LogP contribution in [0.4, 0.5) is 0 Å². The number of nitrogens with zero attached hydrogens (tertiary/aromatic N) is 1. The molecule has 9 heavy (non-hydrogen) atoms. The smallest absolute Gasteiger partial charge is 0.125 e. The van der Waals surface area contributed by atoms with Crippen molar-refractivity contribution in [1.29, 1.82) is 0 Å². The van der Waals surface area contributed by atoms with Crippen LogP contribution in [-0.4, -0.2) is 12.3 Å². The van der Waals surface area contributed by atoms with Gasteiger partial charge in [0, 0.05) is 5.92 Å². The monoisotopic (exact) mass is 127 g/mol.